The molecular formula is C15H14F3NS. The number of aryl methyl sites for hydroxylation is 1. The van der Waals surface area contributed by atoms with Gasteiger partial charge in [-0.3, -0.25) is 0 Å². The summed E-state index contributed by atoms with van der Waals surface area (Å²) in [4.78, 5) is 0.954. The van der Waals surface area contributed by atoms with Gasteiger partial charge in [-0.1, -0.05) is 23.8 Å². The third kappa shape index (κ3) is 3.70. The van der Waals surface area contributed by atoms with Crippen LogP contribution in [0.3, 0.4) is 0 Å². The van der Waals surface area contributed by atoms with E-state index in [-0.39, 0.29) is 17.0 Å². The van der Waals surface area contributed by atoms with Gasteiger partial charge in [-0.25, -0.2) is 0 Å². The van der Waals surface area contributed by atoms with Crippen molar-refractivity contribution in [2.75, 3.05) is 5.73 Å². The second-order valence-electron chi connectivity index (χ2n) is 4.52. The van der Waals surface area contributed by atoms with E-state index in [1.807, 2.05) is 31.2 Å². The molecule has 0 saturated heterocycles. The van der Waals surface area contributed by atoms with Crippen molar-refractivity contribution in [1.29, 1.82) is 0 Å². The predicted octanol–water partition coefficient (Wildman–Crippen LogP) is 4.89. The fourth-order valence-electron chi connectivity index (χ4n) is 1.85. The summed E-state index contributed by atoms with van der Waals surface area (Å²) in [6, 6.07) is 11.6. The van der Waals surface area contributed by atoms with Crippen LogP contribution >= 0.6 is 11.8 Å². The van der Waals surface area contributed by atoms with Gasteiger partial charge in [0.1, 0.15) is 0 Å². The van der Waals surface area contributed by atoms with Crippen LogP contribution in [0.4, 0.5) is 18.9 Å². The Kier molecular flexibility index (Phi) is 4.28. The zero-order chi connectivity index (χ0) is 14.8. The number of anilines is 1. The number of halogens is 3. The van der Waals surface area contributed by atoms with Crippen molar-refractivity contribution >= 4 is 17.4 Å². The second kappa shape index (κ2) is 5.79. The van der Waals surface area contributed by atoms with E-state index < -0.39 is 11.7 Å². The first kappa shape index (κ1) is 14.8. The van der Waals surface area contributed by atoms with Crippen LogP contribution in [-0.4, -0.2) is 0 Å². The highest BCUT2D eigenvalue weighted by atomic mass is 32.2. The van der Waals surface area contributed by atoms with Crippen LogP contribution in [-0.2, 0) is 11.9 Å². The first-order chi connectivity index (χ1) is 9.36. The Morgan fingerprint density at radius 2 is 1.85 bits per heavy atom. The first-order valence-electron chi connectivity index (χ1n) is 6.01. The van der Waals surface area contributed by atoms with Gasteiger partial charge in [-0.15, -0.1) is 11.8 Å². The minimum Gasteiger partial charge on any atom is -0.399 e. The molecule has 0 radical (unpaired) electrons. The lowest BCUT2D eigenvalue weighted by molar-refractivity contribution is -0.138. The third-order valence-corrected chi connectivity index (χ3v) is 3.87. The number of hydrogen-bond donors (Lipinski definition) is 1. The lowest BCUT2D eigenvalue weighted by atomic mass is 10.1. The van der Waals surface area contributed by atoms with Crippen LogP contribution in [0.5, 0.6) is 0 Å². The van der Waals surface area contributed by atoms with Gasteiger partial charge in [0.15, 0.2) is 0 Å². The van der Waals surface area contributed by atoms with Crippen molar-refractivity contribution in [3.05, 3.63) is 59.2 Å². The van der Waals surface area contributed by atoms with E-state index in [1.165, 1.54) is 23.9 Å². The molecule has 0 atom stereocenters. The lowest BCUT2D eigenvalue weighted by Gasteiger charge is -2.13. The van der Waals surface area contributed by atoms with E-state index in [9.17, 15) is 13.2 Å². The minimum atomic E-state index is -4.38. The fourth-order valence-corrected chi connectivity index (χ4v) is 2.87. The van der Waals surface area contributed by atoms with Crippen LogP contribution in [0.25, 0.3) is 0 Å². The Balaban J connectivity index is 2.21. The molecule has 106 valence electrons. The Hall–Kier alpha value is -1.62. The van der Waals surface area contributed by atoms with Crippen molar-refractivity contribution in [2.45, 2.75) is 23.7 Å². The number of hydrogen-bond acceptors (Lipinski definition) is 2. The SMILES string of the molecule is Cc1cccc(SCc2ccc(N)cc2C(F)(F)F)c1. The van der Waals surface area contributed by atoms with E-state index in [4.69, 9.17) is 5.73 Å². The Morgan fingerprint density at radius 1 is 1.10 bits per heavy atom. The van der Waals surface area contributed by atoms with E-state index in [0.29, 0.717) is 0 Å². The normalized spacial score (nSPS) is 11.6. The van der Waals surface area contributed by atoms with Crippen molar-refractivity contribution < 1.29 is 13.2 Å². The Morgan fingerprint density at radius 3 is 2.50 bits per heavy atom. The van der Waals surface area contributed by atoms with Gasteiger partial charge in [0.2, 0.25) is 0 Å². The molecule has 0 aliphatic heterocycles. The molecular weight excluding hydrogens is 283 g/mol. The molecule has 0 bridgehead atoms. The van der Waals surface area contributed by atoms with Crippen molar-refractivity contribution in [3.63, 3.8) is 0 Å². The molecule has 20 heavy (non-hydrogen) atoms. The molecule has 2 aromatic carbocycles. The van der Waals surface area contributed by atoms with Crippen molar-refractivity contribution in [3.8, 4) is 0 Å². The highest BCUT2D eigenvalue weighted by molar-refractivity contribution is 7.98. The van der Waals surface area contributed by atoms with Crippen LogP contribution < -0.4 is 5.73 Å². The van der Waals surface area contributed by atoms with Gasteiger partial charge < -0.3 is 5.73 Å². The number of nitrogen functional groups attached to an aromatic ring is 1. The summed E-state index contributed by atoms with van der Waals surface area (Å²) in [6.07, 6.45) is -4.38. The van der Waals surface area contributed by atoms with Crippen molar-refractivity contribution in [2.24, 2.45) is 0 Å². The number of nitrogens with two attached hydrogens (primary N) is 1. The zero-order valence-electron chi connectivity index (χ0n) is 10.9. The van der Waals surface area contributed by atoms with Gasteiger partial charge in [0.25, 0.3) is 0 Å². The maximum Gasteiger partial charge on any atom is 0.416 e. The Bertz CT molecular complexity index is 608. The van der Waals surface area contributed by atoms with Crippen LogP contribution in [0.2, 0.25) is 0 Å². The Labute approximate surface area is 120 Å². The molecule has 0 amide bonds. The van der Waals surface area contributed by atoms with Crippen LogP contribution in [0.1, 0.15) is 16.7 Å². The number of rotatable bonds is 3. The fraction of sp³-hybridized carbons (Fsp3) is 0.200. The average molecular weight is 297 g/mol. The standard InChI is InChI=1S/C15H14F3NS/c1-10-3-2-4-13(7-10)20-9-11-5-6-12(19)8-14(11)15(16,17)18/h2-8H,9,19H2,1H3. The zero-order valence-corrected chi connectivity index (χ0v) is 11.7. The molecule has 0 fully saturated rings. The number of benzene rings is 2. The highest BCUT2D eigenvalue weighted by Crippen LogP contribution is 2.36. The van der Waals surface area contributed by atoms with E-state index in [1.54, 1.807) is 0 Å². The van der Waals surface area contributed by atoms with Crippen LogP contribution in [0, 0.1) is 6.92 Å². The smallest absolute Gasteiger partial charge is 0.399 e. The monoisotopic (exact) mass is 297 g/mol. The molecule has 1 nitrogen and oxygen atoms in total. The van der Waals surface area contributed by atoms with Gasteiger partial charge in [-0.2, -0.15) is 13.2 Å². The summed E-state index contributed by atoms with van der Waals surface area (Å²) in [7, 11) is 0. The average Bonchev–Trinajstić information content (AvgIpc) is 2.36. The molecule has 0 saturated carbocycles. The predicted molar refractivity (Wildman–Crippen MR) is 76.6 cm³/mol. The second-order valence-corrected chi connectivity index (χ2v) is 5.57. The molecule has 0 aromatic heterocycles. The maximum atomic E-state index is 13.0. The summed E-state index contributed by atoms with van der Waals surface area (Å²) < 4.78 is 38.9. The lowest BCUT2D eigenvalue weighted by Crippen LogP contribution is -2.09. The molecule has 2 aromatic rings. The molecule has 5 heteroatoms. The largest absolute Gasteiger partial charge is 0.416 e. The highest BCUT2D eigenvalue weighted by Gasteiger charge is 2.33. The summed E-state index contributed by atoms with van der Waals surface area (Å²) in [5, 5.41) is 0. The molecule has 2 rings (SSSR count). The molecule has 0 unspecified atom stereocenters. The summed E-state index contributed by atoms with van der Waals surface area (Å²) in [5.41, 5.74) is 6.25. The summed E-state index contributed by atoms with van der Waals surface area (Å²) in [6.45, 7) is 1.95. The molecule has 0 aliphatic rings. The van der Waals surface area contributed by atoms with Crippen molar-refractivity contribution in [1.82, 2.24) is 0 Å². The van der Waals surface area contributed by atoms with E-state index >= 15 is 0 Å². The number of thioether (sulfide) groups is 1. The third-order valence-electron chi connectivity index (χ3n) is 2.82. The van der Waals surface area contributed by atoms with Gasteiger partial charge in [-0.05, 0) is 36.8 Å². The molecule has 0 spiro atoms. The molecule has 2 N–H and O–H groups in total. The number of alkyl halides is 3. The van der Waals surface area contributed by atoms with Gasteiger partial charge >= 0.3 is 6.18 Å². The maximum absolute atomic E-state index is 13.0. The first-order valence-corrected chi connectivity index (χ1v) is 7.00. The minimum absolute atomic E-state index is 0.127. The van der Waals surface area contributed by atoms with E-state index in [2.05, 4.69) is 0 Å². The van der Waals surface area contributed by atoms with Gasteiger partial charge in [0, 0.05) is 16.3 Å². The van der Waals surface area contributed by atoms with E-state index in [0.717, 1.165) is 16.5 Å². The topological polar surface area (TPSA) is 26.0 Å². The van der Waals surface area contributed by atoms with Gasteiger partial charge in [0.05, 0.1) is 5.56 Å². The molecule has 0 aliphatic carbocycles. The molecule has 0 heterocycles. The summed E-state index contributed by atoms with van der Waals surface area (Å²) >= 11 is 1.38. The summed E-state index contributed by atoms with van der Waals surface area (Å²) in [5.74, 6) is 0.262. The quantitative estimate of drug-likeness (QED) is 0.645. The van der Waals surface area contributed by atoms with Crippen LogP contribution in [0.15, 0.2) is 47.4 Å².